The van der Waals surface area contributed by atoms with Crippen LogP contribution in [-0.4, -0.2) is 26.1 Å². The Bertz CT molecular complexity index is 663. The second kappa shape index (κ2) is 3.86. The first-order chi connectivity index (χ1) is 8.34. The third-order valence-corrected chi connectivity index (χ3v) is 2.67. The summed E-state index contributed by atoms with van der Waals surface area (Å²) in [6.07, 6.45) is 4.93. The van der Waals surface area contributed by atoms with Gasteiger partial charge >= 0.3 is 0 Å². The Morgan fingerprint density at radius 1 is 1.24 bits per heavy atom. The molecule has 1 N–H and O–H groups in total. The zero-order valence-corrected chi connectivity index (χ0v) is 9.33. The molecule has 0 spiro atoms. The lowest BCUT2D eigenvalue weighted by molar-refractivity contribution is 0.878. The van der Waals surface area contributed by atoms with Crippen molar-refractivity contribution >= 4 is 17.1 Å². The molecule has 5 nitrogen and oxygen atoms in total. The molecular weight excluding hydrogens is 214 g/mol. The maximum absolute atomic E-state index is 4.27. The van der Waals surface area contributed by atoms with Crippen LogP contribution >= 0.6 is 0 Å². The quantitative estimate of drug-likeness (QED) is 0.677. The van der Waals surface area contributed by atoms with E-state index in [1.807, 2.05) is 25.3 Å². The van der Waals surface area contributed by atoms with E-state index in [9.17, 15) is 0 Å². The van der Waals surface area contributed by atoms with Crippen LogP contribution in [0.25, 0.3) is 10.9 Å². The van der Waals surface area contributed by atoms with Gasteiger partial charge in [-0.1, -0.05) is 18.2 Å². The highest BCUT2D eigenvalue weighted by Crippen LogP contribution is 2.19. The second-order valence-corrected chi connectivity index (χ2v) is 3.80. The lowest BCUT2D eigenvalue weighted by Crippen LogP contribution is -1.88. The molecule has 0 radical (unpaired) electrons. The van der Waals surface area contributed by atoms with E-state index in [-0.39, 0.29) is 0 Å². The number of aryl methyl sites for hydroxylation is 1. The zero-order chi connectivity index (χ0) is 11.7. The van der Waals surface area contributed by atoms with Crippen LogP contribution in [0.15, 0.2) is 42.0 Å². The number of aromatic nitrogens is 4. The highest BCUT2D eigenvalue weighted by Gasteiger charge is 2.04. The number of rotatable bonds is 2. The van der Waals surface area contributed by atoms with E-state index in [4.69, 9.17) is 0 Å². The fourth-order valence-corrected chi connectivity index (χ4v) is 1.84. The summed E-state index contributed by atoms with van der Waals surface area (Å²) in [5.41, 5.74) is 3.31. The number of hydrogen-bond donors (Lipinski definition) is 1. The van der Waals surface area contributed by atoms with Crippen LogP contribution in [-0.2, 0) is 0 Å². The number of fused-ring (bicyclic) bond motifs is 1. The number of H-pyrrole nitrogens is 1. The minimum atomic E-state index is 1.09. The van der Waals surface area contributed by atoms with Crippen molar-refractivity contribution in [1.82, 2.24) is 19.9 Å². The van der Waals surface area contributed by atoms with Gasteiger partial charge in [-0.15, -0.1) is 10.2 Å². The summed E-state index contributed by atoms with van der Waals surface area (Å²) in [5, 5.41) is 12.8. The average Bonchev–Trinajstić information content (AvgIpc) is 2.93. The minimum absolute atomic E-state index is 1.09. The number of nitrogens with zero attached hydrogens (tertiary/aromatic N) is 4. The van der Waals surface area contributed by atoms with Crippen LogP contribution in [0.3, 0.4) is 0 Å². The molecule has 0 amide bonds. The van der Waals surface area contributed by atoms with Crippen LogP contribution in [0.4, 0.5) is 0 Å². The molecular formula is C12H11N5. The van der Waals surface area contributed by atoms with Crippen molar-refractivity contribution in [2.24, 2.45) is 5.10 Å². The number of hydrogen-bond acceptors (Lipinski definition) is 3. The molecule has 0 aliphatic rings. The molecule has 0 saturated carbocycles. The Labute approximate surface area is 97.8 Å². The van der Waals surface area contributed by atoms with Crippen molar-refractivity contribution in [3.8, 4) is 0 Å². The van der Waals surface area contributed by atoms with Gasteiger partial charge in [-0.2, -0.15) is 5.10 Å². The summed E-state index contributed by atoms with van der Waals surface area (Å²) in [5.74, 6) is 0. The number of para-hydroxylation sites is 1. The number of aromatic amines is 1. The van der Waals surface area contributed by atoms with E-state index < -0.39 is 0 Å². The van der Waals surface area contributed by atoms with E-state index in [1.54, 1.807) is 17.3 Å². The largest absolute Gasteiger partial charge is 0.358 e. The first-order valence-electron chi connectivity index (χ1n) is 5.31. The van der Waals surface area contributed by atoms with E-state index in [0.29, 0.717) is 0 Å². The van der Waals surface area contributed by atoms with Gasteiger partial charge in [-0.05, 0) is 13.0 Å². The van der Waals surface area contributed by atoms with Crippen LogP contribution in [0, 0.1) is 6.92 Å². The van der Waals surface area contributed by atoms with Gasteiger partial charge in [0.1, 0.15) is 12.7 Å². The van der Waals surface area contributed by atoms with Crippen molar-refractivity contribution in [3.63, 3.8) is 0 Å². The number of nitrogens with one attached hydrogen (secondary N) is 1. The van der Waals surface area contributed by atoms with Crippen molar-refractivity contribution < 1.29 is 0 Å². The third kappa shape index (κ3) is 1.71. The fraction of sp³-hybridized carbons (Fsp3) is 0.0833. The molecule has 2 heterocycles. The first-order valence-corrected chi connectivity index (χ1v) is 5.31. The third-order valence-electron chi connectivity index (χ3n) is 2.67. The predicted octanol–water partition coefficient (Wildman–Crippen LogP) is 1.95. The van der Waals surface area contributed by atoms with Gasteiger partial charge < -0.3 is 4.98 Å². The Morgan fingerprint density at radius 3 is 2.82 bits per heavy atom. The predicted molar refractivity (Wildman–Crippen MR) is 66.0 cm³/mol. The van der Waals surface area contributed by atoms with Gasteiger partial charge in [-0.25, -0.2) is 4.68 Å². The molecule has 84 valence electrons. The lowest BCUT2D eigenvalue weighted by atomic mass is 10.1. The summed E-state index contributed by atoms with van der Waals surface area (Å²) < 4.78 is 1.57. The van der Waals surface area contributed by atoms with Gasteiger partial charge in [0.05, 0.1) is 6.21 Å². The molecule has 0 atom stereocenters. The molecule has 2 aromatic heterocycles. The van der Waals surface area contributed by atoms with Gasteiger partial charge in [0.2, 0.25) is 0 Å². The molecule has 3 aromatic rings. The lowest BCUT2D eigenvalue weighted by Gasteiger charge is -1.92. The van der Waals surface area contributed by atoms with E-state index >= 15 is 0 Å². The Kier molecular flexibility index (Phi) is 2.22. The molecule has 0 fully saturated rings. The molecule has 0 aliphatic carbocycles. The van der Waals surface area contributed by atoms with Crippen LogP contribution in [0.5, 0.6) is 0 Å². The van der Waals surface area contributed by atoms with E-state index in [0.717, 1.165) is 16.8 Å². The van der Waals surface area contributed by atoms with Crippen molar-refractivity contribution in [2.75, 3.05) is 0 Å². The molecule has 3 rings (SSSR count). The highest BCUT2D eigenvalue weighted by atomic mass is 15.4. The SMILES string of the molecule is Cc1[nH]c2ccccc2c1/C=N/n1cnnc1. The molecule has 5 heteroatoms. The first kappa shape index (κ1) is 9.77. The normalized spacial score (nSPS) is 11.6. The van der Waals surface area contributed by atoms with Crippen molar-refractivity contribution in [2.45, 2.75) is 6.92 Å². The molecule has 0 saturated heterocycles. The summed E-state index contributed by atoms with van der Waals surface area (Å²) >= 11 is 0. The molecule has 0 unspecified atom stereocenters. The number of benzene rings is 1. The summed E-state index contributed by atoms with van der Waals surface area (Å²) in [4.78, 5) is 3.33. The smallest absolute Gasteiger partial charge is 0.141 e. The van der Waals surface area contributed by atoms with Gasteiger partial charge in [0.15, 0.2) is 0 Å². The van der Waals surface area contributed by atoms with Crippen molar-refractivity contribution in [1.29, 1.82) is 0 Å². The van der Waals surface area contributed by atoms with Gasteiger partial charge in [-0.3, -0.25) is 0 Å². The van der Waals surface area contributed by atoms with Gasteiger partial charge in [0.25, 0.3) is 0 Å². The Morgan fingerprint density at radius 2 is 2.00 bits per heavy atom. The summed E-state index contributed by atoms with van der Waals surface area (Å²) in [7, 11) is 0. The topological polar surface area (TPSA) is 58.9 Å². The minimum Gasteiger partial charge on any atom is -0.358 e. The Balaban J connectivity index is 2.08. The second-order valence-electron chi connectivity index (χ2n) is 3.80. The maximum Gasteiger partial charge on any atom is 0.141 e. The van der Waals surface area contributed by atoms with E-state index in [1.165, 1.54) is 5.39 Å². The standard InChI is InChI=1S/C12H11N5/c1-9-11(6-15-17-7-13-14-8-17)10-4-2-3-5-12(10)16-9/h2-8,16H,1H3/b15-6+. The molecule has 0 aliphatic heterocycles. The zero-order valence-electron chi connectivity index (χ0n) is 9.33. The maximum atomic E-state index is 4.27. The van der Waals surface area contributed by atoms with Crippen molar-refractivity contribution in [3.05, 3.63) is 48.2 Å². The molecule has 0 bridgehead atoms. The summed E-state index contributed by atoms with van der Waals surface area (Å²) in [6, 6.07) is 8.16. The van der Waals surface area contributed by atoms with Crippen LogP contribution in [0.1, 0.15) is 11.3 Å². The highest BCUT2D eigenvalue weighted by molar-refractivity contribution is 6.00. The van der Waals surface area contributed by atoms with Gasteiger partial charge in [0, 0.05) is 22.2 Å². The molecule has 1 aromatic carbocycles. The average molecular weight is 225 g/mol. The fourth-order valence-electron chi connectivity index (χ4n) is 1.84. The summed E-state index contributed by atoms with van der Waals surface area (Å²) in [6.45, 7) is 2.04. The van der Waals surface area contributed by atoms with E-state index in [2.05, 4.69) is 32.4 Å². The monoisotopic (exact) mass is 225 g/mol. The van der Waals surface area contributed by atoms with Crippen LogP contribution in [0.2, 0.25) is 0 Å². The Hall–Kier alpha value is -2.43. The van der Waals surface area contributed by atoms with Crippen LogP contribution < -0.4 is 0 Å². The molecule has 17 heavy (non-hydrogen) atoms.